The molecule has 1 unspecified atom stereocenters. The molecule has 72 valence electrons. The van der Waals surface area contributed by atoms with E-state index in [1.807, 2.05) is 6.20 Å². The summed E-state index contributed by atoms with van der Waals surface area (Å²) in [5.41, 5.74) is 1.30. The molecule has 13 heavy (non-hydrogen) atoms. The van der Waals surface area contributed by atoms with E-state index >= 15 is 0 Å². The number of hydrogen-bond acceptors (Lipinski definition) is 2. The van der Waals surface area contributed by atoms with E-state index in [0.29, 0.717) is 12.0 Å². The van der Waals surface area contributed by atoms with Gasteiger partial charge in [-0.1, -0.05) is 13.8 Å². The summed E-state index contributed by atoms with van der Waals surface area (Å²) < 4.78 is 7.29. The summed E-state index contributed by atoms with van der Waals surface area (Å²) in [6, 6.07) is 2.09. The average Bonchev–Trinajstić information content (AvgIpc) is 2.75. The molecule has 0 aliphatic carbocycles. The molecule has 1 aliphatic rings. The molecule has 0 radical (unpaired) electrons. The first-order valence-corrected chi connectivity index (χ1v) is 4.88. The van der Waals surface area contributed by atoms with E-state index in [-0.39, 0.29) is 0 Å². The lowest BCUT2D eigenvalue weighted by atomic mass is 10.2. The summed E-state index contributed by atoms with van der Waals surface area (Å²) in [6.07, 6.45) is 3.36. The number of hydrogen-bond donors (Lipinski definition) is 0. The Balaban J connectivity index is 2.01. The molecule has 2 rings (SSSR count). The van der Waals surface area contributed by atoms with Crippen LogP contribution in [0, 0.1) is 5.92 Å². The minimum absolute atomic E-state index is 0.461. The summed E-state index contributed by atoms with van der Waals surface area (Å²) in [4.78, 5) is 0. The van der Waals surface area contributed by atoms with Crippen LogP contribution in [-0.2, 0) is 17.7 Å². The Labute approximate surface area is 78.7 Å². The Hall–Kier alpha value is -0.830. The molecule has 3 nitrogen and oxygen atoms in total. The molecule has 1 saturated heterocycles. The SMILES string of the molecule is CC(C)Cn1nccc1CC1CO1. The van der Waals surface area contributed by atoms with Gasteiger partial charge in [0.25, 0.3) is 0 Å². The molecule has 0 N–H and O–H groups in total. The molecular formula is C10H16N2O. The first-order chi connectivity index (χ1) is 6.25. The fourth-order valence-corrected chi connectivity index (χ4v) is 1.46. The van der Waals surface area contributed by atoms with Gasteiger partial charge in [-0.05, 0) is 12.0 Å². The third-order valence-corrected chi connectivity index (χ3v) is 2.18. The molecule has 1 fully saturated rings. The van der Waals surface area contributed by atoms with Gasteiger partial charge < -0.3 is 4.74 Å². The van der Waals surface area contributed by atoms with Gasteiger partial charge in [0, 0.05) is 24.9 Å². The molecule has 0 amide bonds. The van der Waals surface area contributed by atoms with Gasteiger partial charge in [-0.2, -0.15) is 5.10 Å². The van der Waals surface area contributed by atoms with Gasteiger partial charge in [-0.3, -0.25) is 4.68 Å². The molecule has 0 saturated carbocycles. The predicted molar refractivity (Wildman–Crippen MR) is 50.5 cm³/mol. The minimum Gasteiger partial charge on any atom is -0.373 e. The lowest BCUT2D eigenvalue weighted by Gasteiger charge is -2.08. The van der Waals surface area contributed by atoms with Gasteiger partial charge >= 0.3 is 0 Å². The molecule has 0 bridgehead atoms. The third kappa shape index (κ3) is 2.31. The molecule has 3 heteroatoms. The lowest BCUT2D eigenvalue weighted by molar-refractivity contribution is 0.396. The van der Waals surface area contributed by atoms with Gasteiger partial charge in [-0.25, -0.2) is 0 Å². The molecule has 1 atom stereocenters. The van der Waals surface area contributed by atoms with Crippen LogP contribution in [0.5, 0.6) is 0 Å². The highest BCUT2D eigenvalue weighted by molar-refractivity contribution is 5.04. The summed E-state index contributed by atoms with van der Waals surface area (Å²) in [7, 11) is 0. The molecule has 1 aliphatic heterocycles. The van der Waals surface area contributed by atoms with E-state index in [2.05, 4.69) is 29.7 Å². The van der Waals surface area contributed by atoms with Crippen molar-refractivity contribution in [2.24, 2.45) is 5.92 Å². The van der Waals surface area contributed by atoms with Crippen LogP contribution < -0.4 is 0 Å². The van der Waals surface area contributed by atoms with Crippen molar-refractivity contribution >= 4 is 0 Å². The molecule has 2 heterocycles. The van der Waals surface area contributed by atoms with E-state index < -0.39 is 0 Å². The van der Waals surface area contributed by atoms with Crippen LogP contribution in [0.2, 0.25) is 0 Å². The highest BCUT2D eigenvalue weighted by atomic mass is 16.6. The molecule has 0 aromatic carbocycles. The van der Waals surface area contributed by atoms with E-state index in [0.717, 1.165) is 19.6 Å². The number of rotatable bonds is 4. The normalized spacial score (nSPS) is 21.0. The Morgan fingerprint density at radius 3 is 3.08 bits per heavy atom. The zero-order valence-electron chi connectivity index (χ0n) is 8.23. The highest BCUT2D eigenvalue weighted by Crippen LogP contribution is 2.16. The topological polar surface area (TPSA) is 30.4 Å². The summed E-state index contributed by atoms with van der Waals surface area (Å²) in [6.45, 7) is 6.35. The van der Waals surface area contributed by atoms with Gasteiger partial charge in [-0.15, -0.1) is 0 Å². The fraction of sp³-hybridized carbons (Fsp3) is 0.700. The van der Waals surface area contributed by atoms with Crippen LogP contribution in [-0.4, -0.2) is 22.5 Å². The largest absolute Gasteiger partial charge is 0.373 e. The van der Waals surface area contributed by atoms with Crippen LogP contribution in [0.3, 0.4) is 0 Å². The van der Waals surface area contributed by atoms with Gasteiger partial charge in [0.05, 0.1) is 12.7 Å². The van der Waals surface area contributed by atoms with Crippen molar-refractivity contribution in [2.75, 3.05) is 6.61 Å². The zero-order valence-corrected chi connectivity index (χ0v) is 8.23. The van der Waals surface area contributed by atoms with Crippen molar-refractivity contribution in [1.29, 1.82) is 0 Å². The average molecular weight is 180 g/mol. The maximum absolute atomic E-state index is 5.20. The molecular weight excluding hydrogens is 164 g/mol. The van der Waals surface area contributed by atoms with Gasteiger partial charge in [0.1, 0.15) is 0 Å². The van der Waals surface area contributed by atoms with E-state index in [9.17, 15) is 0 Å². The predicted octanol–water partition coefficient (Wildman–Crippen LogP) is 1.48. The second-order valence-electron chi connectivity index (χ2n) is 4.06. The van der Waals surface area contributed by atoms with E-state index in [1.165, 1.54) is 5.69 Å². The maximum atomic E-state index is 5.20. The van der Waals surface area contributed by atoms with Crippen molar-refractivity contribution in [3.8, 4) is 0 Å². The van der Waals surface area contributed by atoms with Crippen molar-refractivity contribution in [3.63, 3.8) is 0 Å². The lowest BCUT2D eigenvalue weighted by Crippen LogP contribution is -2.11. The van der Waals surface area contributed by atoms with Crippen molar-refractivity contribution in [1.82, 2.24) is 9.78 Å². The molecule has 1 aromatic heterocycles. The van der Waals surface area contributed by atoms with Crippen LogP contribution in [0.1, 0.15) is 19.5 Å². The summed E-state index contributed by atoms with van der Waals surface area (Å²) >= 11 is 0. The number of nitrogens with zero attached hydrogens (tertiary/aromatic N) is 2. The Bertz CT molecular complexity index is 258. The maximum Gasteiger partial charge on any atom is 0.0865 e. The summed E-state index contributed by atoms with van der Waals surface area (Å²) in [5.74, 6) is 0.652. The van der Waals surface area contributed by atoms with E-state index in [1.54, 1.807) is 0 Å². The third-order valence-electron chi connectivity index (χ3n) is 2.18. The van der Waals surface area contributed by atoms with Gasteiger partial charge in [0.2, 0.25) is 0 Å². The first-order valence-electron chi connectivity index (χ1n) is 4.88. The second-order valence-corrected chi connectivity index (χ2v) is 4.06. The Kier molecular flexibility index (Phi) is 2.36. The second kappa shape index (κ2) is 3.50. The van der Waals surface area contributed by atoms with Crippen molar-refractivity contribution in [2.45, 2.75) is 32.9 Å². The highest BCUT2D eigenvalue weighted by Gasteiger charge is 2.24. The number of aromatic nitrogens is 2. The number of ether oxygens (including phenoxy) is 1. The van der Waals surface area contributed by atoms with Crippen LogP contribution in [0.25, 0.3) is 0 Å². The van der Waals surface area contributed by atoms with Crippen LogP contribution in [0.15, 0.2) is 12.3 Å². The smallest absolute Gasteiger partial charge is 0.0865 e. The first kappa shape index (κ1) is 8.75. The number of epoxide rings is 1. The zero-order chi connectivity index (χ0) is 9.26. The minimum atomic E-state index is 0.461. The Morgan fingerprint density at radius 1 is 1.69 bits per heavy atom. The Morgan fingerprint density at radius 2 is 2.46 bits per heavy atom. The van der Waals surface area contributed by atoms with Crippen LogP contribution in [0.4, 0.5) is 0 Å². The summed E-state index contributed by atoms with van der Waals surface area (Å²) in [5, 5.41) is 4.30. The van der Waals surface area contributed by atoms with Crippen molar-refractivity contribution in [3.05, 3.63) is 18.0 Å². The van der Waals surface area contributed by atoms with E-state index in [4.69, 9.17) is 4.74 Å². The monoisotopic (exact) mass is 180 g/mol. The standard InChI is InChI=1S/C10H16N2O/c1-8(2)6-12-9(3-4-11-12)5-10-7-13-10/h3-4,8,10H,5-7H2,1-2H3. The fourth-order valence-electron chi connectivity index (χ4n) is 1.46. The van der Waals surface area contributed by atoms with Gasteiger partial charge in [0.15, 0.2) is 0 Å². The van der Waals surface area contributed by atoms with Crippen LogP contribution >= 0.6 is 0 Å². The quantitative estimate of drug-likeness (QED) is 0.657. The molecule has 1 aromatic rings. The van der Waals surface area contributed by atoms with Crippen molar-refractivity contribution < 1.29 is 4.74 Å². The molecule has 0 spiro atoms.